The Labute approximate surface area is 231 Å². The maximum atomic E-state index is 12.3. The van der Waals surface area contributed by atoms with Gasteiger partial charge in [-0.05, 0) is 45.6 Å². The summed E-state index contributed by atoms with van der Waals surface area (Å²) in [5.41, 5.74) is 0.434. The van der Waals surface area contributed by atoms with Crippen molar-refractivity contribution < 1.29 is 38.4 Å². The first kappa shape index (κ1) is 31.0. The molecule has 0 aromatic carbocycles. The quantitative estimate of drug-likeness (QED) is 0.164. The highest BCUT2D eigenvalue weighted by atomic mass is 16.6. The standard InChI is InChI=1S/C29H44N2O8/c1-17(8-11-26-28(35)29(16-36-29)14-23(39-26)15-30-21(5)32)7-10-25-18(2)13-24(20(4)38-25)31-27(34)12-9-19(3)37-22(6)33/h7-9,11-12,18-20,23-26,28,35H,10,13-16H2,1-6H3,(H,30,32)(H,31,34)/b11-8+,12-9-,17-7+/t18-,19-,20+,23-,24+,25-,26+,28+,29+/m0/s1. The number of rotatable bonds is 10. The van der Waals surface area contributed by atoms with E-state index in [2.05, 4.69) is 23.6 Å². The smallest absolute Gasteiger partial charge is 0.303 e. The summed E-state index contributed by atoms with van der Waals surface area (Å²) in [7, 11) is 0. The summed E-state index contributed by atoms with van der Waals surface area (Å²) >= 11 is 0. The van der Waals surface area contributed by atoms with Gasteiger partial charge in [0.25, 0.3) is 0 Å². The van der Waals surface area contributed by atoms with Gasteiger partial charge < -0.3 is 34.7 Å². The number of ether oxygens (including phenoxy) is 4. The van der Waals surface area contributed by atoms with Crippen molar-refractivity contribution >= 4 is 17.8 Å². The predicted molar refractivity (Wildman–Crippen MR) is 145 cm³/mol. The SMILES string of the molecule is CC(=O)NC[C@@H]1C[C@@]2(CO2)[C@H](O)[C@@H](/C=C/C(C)=C/C[C@@H]2O[C@H](C)[C@H](NC(=O)/C=C\[C@H](C)OC(C)=O)C[C@@H]2C)O1. The lowest BCUT2D eigenvalue weighted by Gasteiger charge is -2.39. The first-order valence-electron chi connectivity index (χ1n) is 13.8. The molecule has 0 saturated carbocycles. The Bertz CT molecular complexity index is 972. The van der Waals surface area contributed by atoms with Gasteiger partial charge in [0.15, 0.2) is 0 Å². The average molecular weight is 549 g/mol. The number of hydrogen-bond donors (Lipinski definition) is 3. The van der Waals surface area contributed by atoms with E-state index < -0.39 is 29.9 Å². The van der Waals surface area contributed by atoms with E-state index >= 15 is 0 Å². The molecule has 39 heavy (non-hydrogen) atoms. The van der Waals surface area contributed by atoms with Crippen molar-refractivity contribution in [1.82, 2.24) is 10.6 Å². The number of hydrogen-bond acceptors (Lipinski definition) is 8. The summed E-state index contributed by atoms with van der Waals surface area (Å²) in [6, 6.07) is -0.116. The number of aliphatic hydroxyl groups is 1. The third-order valence-electron chi connectivity index (χ3n) is 7.50. The Balaban J connectivity index is 1.49. The molecular weight excluding hydrogens is 504 g/mol. The molecule has 2 amide bonds. The van der Waals surface area contributed by atoms with E-state index in [4.69, 9.17) is 18.9 Å². The van der Waals surface area contributed by atoms with Crippen molar-refractivity contribution in [3.05, 3.63) is 36.0 Å². The van der Waals surface area contributed by atoms with Gasteiger partial charge in [0.1, 0.15) is 23.9 Å². The largest absolute Gasteiger partial charge is 0.459 e. The molecule has 0 bridgehead atoms. The predicted octanol–water partition coefficient (Wildman–Crippen LogP) is 2.11. The Morgan fingerprint density at radius 2 is 1.87 bits per heavy atom. The number of carbonyl (C=O) groups excluding carboxylic acids is 3. The van der Waals surface area contributed by atoms with Crippen molar-refractivity contribution in [3.8, 4) is 0 Å². The highest BCUT2D eigenvalue weighted by molar-refractivity contribution is 5.87. The molecule has 3 fully saturated rings. The molecule has 3 aliphatic heterocycles. The summed E-state index contributed by atoms with van der Waals surface area (Å²) in [6.07, 6.45) is 8.78. The summed E-state index contributed by atoms with van der Waals surface area (Å²) in [4.78, 5) is 34.6. The van der Waals surface area contributed by atoms with Crippen LogP contribution < -0.4 is 10.6 Å². The van der Waals surface area contributed by atoms with E-state index in [9.17, 15) is 19.5 Å². The van der Waals surface area contributed by atoms with Crippen LogP contribution in [0.15, 0.2) is 36.0 Å². The Kier molecular flexibility index (Phi) is 10.9. The van der Waals surface area contributed by atoms with E-state index in [0.717, 1.165) is 12.0 Å². The molecule has 10 nitrogen and oxygen atoms in total. The van der Waals surface area contributed by atoms with Gasteiger partial charge in [0, 0.05) is 32.9 Å². The zero-order valence-electron chi connectivity index (χ0n) is 23.8. The monoisotopic (exact) mass is 548 g/mol. The lowest BCUT2D eigenvalue weighted by Crippen LogP contribution is -2.52. The van der Waals surface area contributed by atoms with Crippen molar-refractivity contribution in [1.29, 1.82) is 0 Å². The van der Waals surface area contributed by atoms with Gasteiger partial charge >= 0.3 is 5.97 Å². The number of nitrogens with one attached hydrogen (secondary N) is 2. The molecule has 0 aromatic rings. The van der Waals surface area contributed by atoms with Crippen LogP contribution in [0, 0.1) is 5.92 Å². The summed E-state index contributed by atoms with van der Waals surface area (Å²) in [5, 5.41) is 16.5. The highest BCUT2D eigenvalue weighted by Gasteiger charge is 2.58. The third-order valence-corrected chi connectivity index (χ3v) is 7.50. The van der Waals surface area contributed by atoms with Crippen LogP contribution in [0.3, 0.4) is 0 Å². The van der Waals surface area contributed by atoms with Crippen LogP contribution in [-0.2, 0) is 33.3 Å². The number of carbonyl (C=O) groups is 3. The van der Waals surface area contributed by atoms with Crippen LogP contribution >= 0.6 is 0 Å². The normalized spacial score (nSPS) is 35.7. The van der Waals surface area contributed by atoms with Crippen LogP contribution in [0.2, 0.25) is 0 Å². The van der Waals surface area contributed by atoms with Crippen LogP contribution in [-0.4, -0.2) is 84.3 Å². The Morgan fingerprint density at radius 3 is 2.51 bits per heavy atom. The fraction of sp³-hybridized carbons (Fsp3) is 0.690. The fourth-order valence-corrected chi connectivity index (χ4v) is 5.14. The molecule has 1 spiro atoms. The summed E-state index contributed by atoms with van der Waals surface area (Å²) < 4.78 is 22.9. The average Bonchev–Trinajstić information content (AvgIpc) is 3.63. The van der Waals surface area contributed by atoms with Crippen molar-refractivity contribution in [2.45, 2.75) is 109 Å². The zero-order chi connectivity index (χ0) is 28.7. The number of amides is 2. The van der Waals surface area contributed by atoms with Gasteiger partial charge in [-0.3, -0.25) is 14.4 Å². The summed E-state index contributed by atoms with van der Waals surface area (Å²) in [6.45, 7) is 11.4. The second-order valence-corrected chi connectivity index (χ2v) is 11.1. The lowest BCUT2D eigenvalue weighted by atomic mass is 9.87. The lowest BCUT2D eigenvalue weighted by molar-refractivity contribution is -0.143. The zero-order valence-corrected chi connectivity index (χ0v) is 23.8. The second kappa shape index (κ2) is 13.7. The van der Waals surface area contributed by atoms with Crippen molar-refractivity contribution in [2.24, 2.45) is 5.92 Å². The molecule has 3 saturated heterocycles. The molecule has 0 radical (unpaired) electrons. The van der Waals surface area contributed by atoms with Crippen LogP contribution in [0.25, 0.3) is 0 Å². The van der Waals surface area contributed by atoms with E-state index in [0.29, 0.717) is 26.0 Å². The highest BCUT2D eigenvalue weighted by Crippen LogP contribution is 2.42. The summed E-state index contributed by atoms with van der Waals surface area (Å²) in [5.74, 6) is -0.527. The van der Waals surface area contributed by atoms with Gasteiger partial charge in [-0.2, -0.15) is 0 Å². The van der Waals surface area contributed by atoms with Gasteiger partial charge in [-0.25, -0.2) is 0 Å². The number of esters is 1. The molecule has 0 aliphatic carbocycles. The Hall–Kier alpha value is -2.53. The maximum Gasteiger partial charge on any atom is 0.303 e. The van der Waals surface area contributed by atoms with Gasteiger partial charge in [-0.1, -0.05) is 30.7 Å². The fourth-order valence-electron chi connectivity index (χ4n) is 5.14. The number of allylic oxidation sites excluding steroid dienone is 2. The third kappa shape index (κ3) is 9.27. The molecule has 3 N–H and O–H groups in total. The number of aliphatic hydroxyl groups excluding tert-OH is 1. The van der Waals surface area contributed by atoms with Gasteiger partial charge in [0.05, 0.1) is 31.0 Å². The second-order valence-electron chi connectivity index (χ2n) is 11.1. The van der Waals surface area contributed by atoms with E-state index in [1.807, 2.05) is 26.0 Å². The van der Waals surface area contributed by atoms with E-state index in [-0.39, 0.29) is 42.1 Å². The van der Waals surface area contributed by atoms with Crippen LogP contribution in [0.4, 0.5) is 0 Å². The molecule has 218 valence electrons. The maximum absolute atomic E-state index is 12.3. The first-order chi connectivity index (χ1) is 18.4. The Morgan fingerprint density at radius 1 is 1.15 bits per heavy atom. The van der Waals surface area contributed by atoms with Gasteiger partial charge in [-0.15, -0.1) is 0 Å². The van der Waals surface area contributed by atoms with Gasteiger partial charge in [0.2, 0.25) is 11.8 Å². The molecular formula is C29H44N2O8. The first-order valence-corrected chi connectivity index (χ1v) is 13.8. The van der Waals surface area contributed by atoms with Crippen LogP contribution in [0.5, 0.6) is 0 Å². The number of epoxide rings is 1. The van der Waals surface area contributed by atoms with Crippen LogP contribution in [0.1, 0.15) is 60.8 Å². The minimum absolute atomic E-state index is 0.0118. The molecule has 3 aliphatic rings. The minimum Gasteiger partial charge on any atom is -0.459 e. The molecule has 0 unspecified atom stereocenters. The topological polar surface area (TPSA) is 136 Å². The molecule has 3 heterocycles. The molecule has 0 aromatic heterocycles. The minimum atomic E-state index is -0.760. The molecule has 3 rings (SSSR count). The molecule has 9 atom stereocenters. The van der Waals surface area contributed by atoms with Crippen molar-refractivity contribution in [2.75, 3.05) is 13.2 Å². The van der Waals surface area contributed by atoms with E-state index in [1.54, 1.807) is 13.0 Å². The van der Waals surface area contributed by atoms with E-state index in [1.165, 1.54) is 19.9 Å². The van der Waals surface area contributed by atoms with Crippen molar-refractivity contribution in [3.63, 3.8) is 0 Å². The molecule has 10 heteroatoms.